The molecule has 1 heterocycles. The molecule has 1 amide bonds. The molecule has 0 unspecified atom stereocenters. The molecule has 1 fully saturated rings. The first-order valence-corrected chi connectivity index (χ1v) is 7.65. The minimum Gasteiger partial charge on any atom is -0.397 e. The van der Waals surface area contributed by atoms with Gasteiger partial charge < -0.3 is 15.5 Å². The van der Waals surface area contributed by atoms with Gasteiger partial charge in [-0.2, -0.15) is 0 Å². The molecule has 3 N–H and O–H groups in total. The van der Waals surface area contributed by atoms with Crippen molar-refractivity contribution in [2.45, 2.75) is 4.90 Å². The monoisotopic (exact) mass is 298 g/mol. The van der Waals surface area contributed by atoms with Crippen LogP contribution in [0.25, 0.3) is 0 Å². The number of benzene rings is 1. The van der Waals surface area contributed by atoms with Crippen LogP contribution in [0.15, 0.2) is 23.1 Å². The fraction of sp³-hybridized carbons (Fsp3) is 0.417. The van der Waals surface area contributed by atoms with Crippen molar-refractivity contribution in [3.63, 3.8) is 0 Å². The van der Waals surface area contributed by atoms with Crippen molar-refractivity contribution in [3.8, 4) is 0 Å². The number of nitrogens with zero attached hydrogens (tertiary/aromatic N) is 2. The van der Waals surface area contributed by atoms with Gasteiger partial charge >= 0.3 is 0 Å². The average Bonchev–Trinajstić information content (AvgIpc) is 2.42. The second kappa shape index (κ2) is 5.29. The number of hydrogen-bond acceptors (Lipinski definition) is 5. The minimum atomic E-state index is -3.53. The number of nitrogens with two attached hydrogens (primary N) is 1. The SMILES string of the molecule is CNS(=O)(=O)c1ccc(N)c(N2CCN(C)C(=O)C2)c1. The highest BCUT2D eigenvalue weighted by molar-refractivity contribution is 7.89. The number of hydrogen-bond donors (Lipinski definition) is 2. The first-order chi connectivity index (χ1) is 9.35. The molecule has 110 valence electrons. The third-order valence-corrected chi connectivity index (χ3v) is 4.79. The summed E-state index contributed by atoms with van der Waals surface area (Å²) in [5.74, 6) is -0.0162. The van der Waals surface area contributed by atoms with E-state index in [-0.39, 0.29) is 17.3 Å². The molecule has 1 aliphatic rings. The first kappa shape index (κ1) is 14.6. The van der Waals surface area contributed by atoms with Crippen LogP contribution in [0.5, 0.6) is 0 Å². The van der Waals surface area contributed by atoms with E-state index in [9.17, 15) is 13.2 Å². The second-order valence-electron chi connectivity index (χ2n) is 4.67. The summed E-state index contributed by atoms with van der Waals surface area (Å²) in [6.45, 7) is 1.40. The number of likely N-dealkylation sites (N-methyl/N-ethyl adjacent to an activating group) is 1. The van der Waals surface area contributed by atoms with Gasteiger partial charge in [-0.25, -0.2) is 13.1 Å². The summed E-state index contributed by atoms with van der Waals surface area (Å²) in [7, 11) is -0.435. The third-order valence-electron chi connectivity index (χ3n) is 3.38. The molecule has 1 aliphatic heterocycles. The summed E-state index contributed by atoms with van der Waals surface area (Å²) in [5.41, 5.74) is 6.93. The Morgan fingerprint density at radius 2 is 2.00 bits per heavy atom. The summed E-state index contributed by atoms with van der Waals surface area (Å²) in [4.78, 5) is 15.3. The van der Waals surface area contributed by atoms with Crippen molar-refractivity contribution in [1.29, 1.82) is 0 Å². The van der Waals surface area contributed by atoms with E-state index in [2.05, 4.69) is 4.72 Å². The summed E-state index contributed by atoms with van der Waals surface area (Å²) < 4.78 is 25.9. The molecule has 0 saturated carbocycles. The number of carbonyl (C=O) groups excluding carboxylic acids is 1. The molecule has 0 radical (unpaired) electrons. The van der Waals surface area contributed by atoms with Crippen LogP contribution in [-0.4, -0.2) is 53.0 Å². The summed E-state index contributed by atoms with van der Waals surface area (Å²) in [6.07, 6.45) is 0. The highest BCUT2D eigenvalue weighted by Crippen LogP contribution is 2.27. The molecular formula is C12H18N4O3S. The zero-order valence-corrected chi connectivity index (χ0v) is 12.3. The van der Waals surface area contributed by atoms with E-state index in [0.29, 0.717) is 24.5 Å². The number of piperazine rings is 1. The van der Waals surface area contributed by atoms with Gasteiger partial charge in [0, 0.05) is 20.1 Å². The average molecular weight is 298 g/mol. The molecule has 2 rings (SSSR count). The maximum absolute atomic E-state index is 11.8. The van der Waals surface area contributed by atoms with Crippen LogP contribution in [0, 0.1) is 0 Å². The molecule has 0 atom stereocenters. The lowest BCUT2D eigenvalue weighted by molar-refractivity contribution is -0.129. The molecule has 0 aromatic heterocycles. The molecule has 1 aromatic carbocycles. The van der Waals surface area contributed by atoms with Gasteiger partial charge in [-0.05, 0) is 25.2 Å². The van der Waals surface area contributed by atoms with E-state index in [1.807, 2.05) is 0 Å². The van der Waals surface area contributed by atoms with Gasteiger partial charge in [0.1, 0.15) is 0 Å². The van der Waals surface area contributed by atoms with Crippen LogP contribution in [0.1, 0.15) is 0 Å². The van der Waals surface area contributed by atoms with E-state index in [4.69, 9.17) is 5.73 Å². The number of carbonyl (C=O) groups is 1. The van der Waals surface area contributed by atoms with Crippen molar-refractivity contribution in [2.24, 2.45) is 0 Å². The molecule has 0 aliphatic carbocycles. The van der Waals surface area contributed by atoms with Crippen LogP contribution in [0.2, 0.25) is 0 Å². The zero-order chi connectivity index (χ0) is 14.9. The van der Waals surface area contributed by atoms with Crippen molar-refractivity contribution in [3.05, 3.63) is 18.2 Å². The third kappa shape index (κ3) is 2.70. The number of sulfonamides is 1. The summed E-state index contributed by atoms with van der Waals surface area (Å²) >= 11 is 0. The van der Waals surface area contributed by atoms with Gasteiger partial charge in [0.25, 0.3) is 0 Å². The van der Waals surface area contributed by atoms with E-state index < -0.39 is 10.0 Å². The van der Waals surface area contributed by atoms with Crippen LogP contribution >= 0.6 is 0 Å². The van der Waals surface area contributed by atoms with E-state index >= 15 is 0 Å². The Labute approximate surface area is 118 Å². The Balaban J connectivity index is 2.37. The van der Waals surface area contributed by atoms with Gasteiger partial charge in [-0.1, -0.05) is 0 Å². The quantitative estimate of drug-likeness (QED) is 0.730. The van der Waals surface area contributed by atoms with Gasteiger partial charge in [0.05, 0.1) is 22.8 Å². The number of amides is 1. The Morgan fingerprint density at radius 3 is 2.60 bits per heavy atom. The Kier molecular flexibility index (Phi) is 3.87. The molecule has 7 nitrogen and oxygen atoms in total. The number of nitrogens with one attached hydrogen (secondary N) is 1. The molecule has 1 aromatic rings. The summed E-state index contributed by atoms with van der Waals surface area (Å²) in [6, 6.07) is 4.49. The largest absolute Gasteiger partial charge is 0.397 e. The first-order valence-electron chi connectivity index (χ1n) is 6.17. The van der Waals surface area contributed by atoms with E-state index in [1.54, 1.807) is 22.9 Å². The number of nitrogen functional groups attached to an aromatic ring is 1. The van der Waals surface area contributed by atoms with Crippen molar-refractivity contribution in [1.82, 2.24) is 9.62 Å². The predicted octanol–water partition coefficient (Wildman–Crippen LogP) is -0.545. The Hall–Kier alpha value is -1.80. The topological polar surface area (TPSA) is 95.7 Å². The highest BCUT2D eigenvalue weighted by Gasteiger charge is 2.24. The van der Waals surface area contributed by atoms with Crippen LogP contribution in [0.4, 0.5) is 11.4 Å². The lowest BCUT2D eigenvalue weighted by Gasteiger charge is -2.34. The van der Waals surface area contributed by atoms with E-state index in [1.165, 1.54) is 19.2 Å². The second-order valence-corrected chi connectivity index (χ2v) is 6.55. The van der Waals surface area contributed by atoms with Crippen molar-refractivity contribution < 1.29 is 13.2 Å². The predicted molar refractivity (Wildman–Crippen MR) is 76.9 cm³/mol. The van der Waals surface area contributed by atoms with Crippen molar-refractivity contribution >= 4 is 27.3 Å². The smallest absolute Gasteiger partial charge is 0.241 e. The number of rotatable bonds is 3. The van der Waals surface area contributed by atoms with Gasteiger partial charge in [0.15, 0.2) is 0 Å². The fourth-order valence-corrected chi connectivity index (χ4v) is 2.80. The molecular weight excluding hydrogens is 280 g/mol. The van der Waals surface area contributed by atoms with Gasteiger partial charge in [-0.3, -0.25) is 4.79 Å². The zero-order valence-electron chi connectivity index (χ0n) is 11.5. The van der Waals surface area contributed by atoms with Crippen LogP contribution in [0.3, 0.4) is 0 Å². The van der Waals surface area contributed by atoms with Crippen LogP contribution < -0.4 is 15.4 Å². The lowest BCUT2D eigenvalue weighted by atomic mass is 10.2. The molecule has 0 spiro atoms. The van der Waals surface area contributed by atoms with Crippen molar-refractivity contribution in [2.75, 3.05) is 44.4 Å². The normalized spacial score (nSPS) is 16.6. The number of anilines is 2. The van der Waals surface area contributed by atoms with Gasteiger partial charge in [0.2, 0.25) is 15.9 Å². The minimum absolute atomic E-state index is 0.0162. The molecule has 1 saturated heterocycles. The molecule has 20 heavy (non-hydrogen) atoms. The molecule has 0 bridgehead atoms. The molecule has 8 heteroatoms. The Bertz CT molecular complexity index is 630. The standard InChI is InChI=1S/C12H18N4O3S/c1-14-20(18,19)9-3-4-10(13)11(7-9)16-6-5-15(2)12(17)8-16/h3-4,7,14H,5-6,8,13H2,1-2H3. The van der Waals surface area contributed by atoms with Gasteiger partial charge in [-0.15, -0.1) is 0 Å². The maximum atomic E-state index is 11.8. The summed E-state index contributed by atoms with van der Waals surface area (Å²) in [5, 5.41) is 0. The lowest BCUT2D eigenvalue weighted by Crippen LogP contribution is -2.48. The maximum Gasteiger partial charge on any atom is 0.241 e. The van der Waals surface area contributed by atoms with E-state index in [0.717, 1.165) is 0 Å². The highest BCUT2D eigenvalue weighted by atomic mass is 32.2. The van der Waals surface area contributed by atoms with Crippen LogP contribution in [-0.2, 0) is 14.8 Å². The Morgan fingerprint density at radius 1 is 1.30 bits per heavy atom. The fourth-order valence-electron chi connectivity index (χ4n) is 2.05.